The lowest BCUT2D eigenvalue weighted by Gasteiger charge is -2.13. The molecule has 0 unspecified atom stereocenters. The van der Waals surface area contributed by atoms with Crippen LogP contribution in [0, 0.1) is 17.1 Å². The molecule has 2 N–H and O–H groups in total. The molecule has 0 aromatic heterocycles. The molecule has 2 rings (SSSR count). The number of carboxylic acid groups (broad SMARTS) is 1. The van der Waals surface area contributed by atoms with Gasteiger partial charge in [0.25, 0.3) is 5.91 Å². The average Bonchev–Trinajstić information content (AvgIpc) is 2.67. The first kappa shape index (κ1) is 21.7. The van der Waals surface area contributed by atoms with Crippen molar-refractivity contribution in [1.29, 1.82) is 5.26 Å². The summed E-state index contributed by atoms with van der Waals surface area (Å²) in [6.07, 6.45) is 1.24. The first-order chi connectivity index (χ1) is 13.8. The number of carboxylic acids is 1. The molecule has 0 bridgehead atoms. The van der Waals surface area contributed by atoms with Gasteiger partial charge < -0.3 is 14.6 Å². The van der Waals surface area contributed by atoms with Crippen LogP contribution in [0.4, 0.5) is 4.39 Å². The summed E-state index contributed by atoms with van der Waals surface area (Å²) < 4.78 is 24.4. The number of carbonyl (C=O) groups excluding carboxylic acids is 1. The second kappa shape index (κ2) is 10.1. The molecule has 0 saturated heterocycles. The molecule has 150 valence electrons. The Labute approximate surface area is 170 Å². The molecule has 1 amide bonds. The van der Waals surface area contributed by atoms with Crippen molar-refractivity contribution in [3.8, 4) is 17.6 Å². The minimum atomic E-state index is -1.17. The number of aliphatic carboxylic acids is 1. The van der Waals surface area contributed by atoms with Crippen LogP contribution >= 0.6 is 11.6 Å². The first-order valence-corrected chi connectivity index (χ1v) is 8.57. The third-order valence-electron chi connectivity index (χ3n) is 3.39. The summed E-state index contributed by atoms with van der Waals surface area (Å²) in [5.41, 5.74) is 2.40. The zero-order valence-electron chi connectivity index (χ0n) is 15.1. The smallest absolute Gasteiger partial charge is 0.341 e. The van der Waals surface area contributed by atoms with Gasteiger partial charge in [0.1, 0.15) is 5.82 Å². The van der Waals surface area contributed by atoms with Crippen LogP contribution in [0.25, 0.3) is 0 Å². The molecule has 2 aromatic rings. The van der Waals surface area contributed by atoms with Crippen LogP contribution < -0.4 is 14.9 Å². The number of nitrogens with one attached hydrogen (secondary N) is 1. The van der Waals surface area contributed by atoms with Crippen molar-refractivity contribution >= 4 is 29.7 Å². The quantitative estimate of drug-likeness (QED) is 0.501. The van der Waals surface area contributed by atoms with Gasteiger partial charge in [-0.3, -0.25) is 4.79 Å². The van der Waals surface area contributed by atoms with Gasteiger partial charge in [0.15, 0.2) is 18.1 Å². The SMILES string of the molecule is CCOc1cc(/C=N\NC(=O)c2ccc(C#N)cc2F)cc(Cl)c1OCC(=O)O. The van der Waals surface area contributed by atoms with Gasteiger partial charge in [0, 0.05) is 0 Å². The van der Waals surface area contributed by atoms with E-state index in [-0.39, 0.29) is 34.3 Å². The maximum absolute atomic E-state index is 13.8. The van der Waals surface area contributed by atoms with Crippen molar-refractivity contribution in [3.63, 3.8) is 0 Å². The second-order valence-corrected chi connectivity index (χ2v) is 5.86. The third kappa shape index (κ3) is 5.92. The lowest BCUT2D eigenvalue weighted by Crippen LogP contribution is -2.19. The van der Waals surface area contributed by atoms with Crippen LogP contribution in [0.15, 0.2) is 35.4 Å². The number of benzene rings is 2. The summed E-state index contributed by atoms with van der Waals surface area (Å²) in [6.45, 7) is 1.40. The number of carbonyl (C=O) groups is 2. The summed E-state index contributed by atoms with van der Waals surface area (Å²) in [4.78, 5) is 22.7. The highest BCUT2D eigenvalue weighted by Gasteiger charge is 2.14. The minimum Gasteiger partial charge on any atom is -0.490 e. The Morgan fingerprint density at radius 2 is 2.10 bits per heavy atom. The molecular weight excluding hydrogens is 405 g/mol. The zero-order chi connectivity index (χ0) is 21.4. The number of halogens is 2. The van der Waals surface area contributed by atoms with E-state index in [0.29, 0.717) is 5.56 Å². The highest BCUT2D eigenvalue weighted by Crippen LogP contribution is 2.36. The van der Waals surface area contributed by atoms with Crippen molar-refractivity contribution in [2.45, 2.75) is 6.92 Å². The molecule has 0 aliphatic heterocycles. The lowest BCUT2D eigenvalue weighted by atomic mass is 10.1. The zero-order valence-corrected chi connectivity index (χ0v) is 15.9. The fourth-order valence-electron chi connectivity index (χ4n) is 2.19. The van der Waals surface area contributed by atoms with Crippen LogP contribution in [-0.4, -0.2) is 36.4 Å². The molecular formula is C19H15ClFN3O5. The fraction of sp³-hybridized carbons (Fsp3) is 0.158. The van der Waals surface area contributed by atoms with Crippen LogP contribution in [0.3, 0.4) is 0 Å². The van der Waals surface area contributed by atoms with E-state index < -0.39 is 24.3 Å². The number of ether oxygens (including phenoxy) is 2. The molecule has 0 saturated carbocycles. The number of hydrazone groups is 1. The Bertz CT molecular complexity index is 1000. The Balaban J connectivity index is 2.16. The summed E-state index contributed by atoms with van der Waals surface area (Å²) in [5, 5.41) is 21.3. The van der Waals surface area contributed by atoms with E-state index in [1.807, 2.05) is 0 Å². The minimum absolute atomic E-state index is 0.0664. The largest absolute Gasteiger partial charge is 0.490 e. The van der Waals surface area contributed by atoms with E-state index in [0.717, 1.165) is 6.07 Å². The fourth-order valence-corrected chi connectivity index (χ4v) is 2.47. The van der Waals surface area contributed by atoms with Crippen LogP contribution in [0.2, 0.25) is 5.02 Å². The maximum Gasteiger partial charge on any atom is 0.341 e. The van der Waals surface area contributed by atoms with Crippen LogP contribution in [0.1, 0.15) is 28.4 Å². The van der Waals surface area contributed by atoms with Crippen LogP contribution in [0.5, 0.6) is 11.5 Å². The predicted octanol–water partition coefficient (Wildman–Crippen LogP) is 2.98. The normalized spacial score (nSPS) is 10.4. The number of hydrogen-bond donors (Lipinski definition) is 2. The highest BCUT2D eigenvalue weighted by atomic mass is 35.5. The van der Waals surface area contributed by atoms with Crippen molar-refractivity contribution < 1.29 is 28.6 Å². The summed E-state index contributed by atoms with van der Waals surface area (Å²) >= 11 is 6.12. The van der Waals surface area contributed by atoms with E-state index in [2.05, 4.69) is 10.5 Å². The van der Waals surface area contributed by atoms with Crippen LogP contribution in [-0.2, 0) is 4.79 Å². The highest BCUT2D eigenvalue weighted by molar-refractivity contribution is 6.32. The van der Waals surface area contributed by atoms with Gasteiger partial charge >= 0.3 is 5.97 Å². The van der Waals surface area contributed by atoms with Gasteiger partial charge in [0.2, 0.25) is 0 Å². The molecule has 0 heterocycles. The van der Waals surface area contributed by atoms with Crippen molar-refractivity contribution in [1.82, 2.24) is 5.43 Å². The molecule has 2 aromatic carbocycles. The first-order valence-electron chi connectivity index (χ1n) is 8.19. The van der Waals surface area contributed by atoms with E-state index in [1.165, 1.54) is 30.5 Å². The van der Waals surface area contributed by atoms with Crippen molar-refractivity contribution in [3.05, 3.63) is 57.9 Å². The number of hydrogen-bond acceptors (Lipinski definition) is 6. The van der Waals surface area contributed by atoms with Crippen molar-refractivity contribution in [2.24, 2.45) is 5.10 Å². The Morgan fingerprint density at radius 1 is 1.34 bits per heavy atom. The molecule has 0 aliphatic rings. The number of amides is 1. The van der Waals surface area contributed by atoms with Gasteiger partial charge in [-0.15, -0.1) is 0 Å². The molecule has 0 radical (unpaired) electrons. The number of nitriles is 1. The molecule has 8 nitrogen and oxygen atoms in total. The van der Waals surface area contributed by atoms with Gasteiger partial charge in [-0.2, -0.15) is 10.4 Å². The molecule has 0 fully saturated rings. The number of rotatable bonds is 8. The van der Waals surface area contributed by atoms with Gasteiger partial charge in [-0.25, -0.2) is 14.6 Å². The van der Waals surface area contributed by atoms with Gasteiger partial charge in [-0.05, 0) is 42.8 Å². The van der Waals surface area contributed by atoms with E-state index in [9.17, 15) is 14.0 Å². The maximum atomic E-state index is 13.8. The van der Waals surface area contributed by atoms with E-state index >= 15 is 0 Å². The summed E-state index contributed by atoms with van der Waals surface area (Å²) in [6, 6.07) is 8.13. The molecule has 0 aliphatic carbocycles. The standard InChI is InChI=1S/C19H15ClFN3O5/c1-2-28-16-7-12(5-14(20)18(16)29-10-17(25)26)9-23-24-19(27)13-4-3-11(8-22)6-15(13)21/h3-7,9H,2,10H2,1H3,(H,24,27)(H,25,26)/b23-9-. The summed E-state index contributed by atoms with van der Waals surface area (Å²) in [7, 11) is 0. The summed E-state index contributed by atoms with van der Waals surface area (Å²) in [5.74, 6) is -2.56. The van der Waals surface area contributed by atoms with E-state index in [1.54, 1.807) is 13.0 Å². The third-order valence-corrected chi connectivity index (χ3v) is 3.67. The van der Waals surface area contributed by atoms with E-state index in [4.69, 9.17) is 31.4 Å². The average molecular weight is 420 g/mol. The lowest BCUT2D eigenvalue weighted by molar-refractivity contribution is -0.139. The molecule has 10 heteroatoms. The monoisotopic (exact) mass is 419 g/mol. The topological polar surface area (TPSA) is 121 Å². The Hall–Kier alpha value is -3.64. The molecule has 0 spiro atoms. The van der Waals surface area contributed by atoms with Gasteiger partial charge in [-0.1, -0.05) is 11.6 Å². The van der Waals surface area contributed by atoms with Gasteiger partial charge in [0.05, 0.1) is 35.0 Å². The van der Waals surface area contributed by atoms with Crippen molar-refractivity contribution in [2.75, 3.05) is 13.2 Å². The Morgan fingerprint density at radius 3 is 2.72 bits per heavy atom. The predicted molar refractivity (Wildman–Crippen MR) is 102 cm³/mol. The second-order valence-electron chi connectivity index (χ2n) is 5.45. The molecule has 0 atom stereocenters. The number of nitrogens with zero attached hydrogens (tertiary/aromatic N) is 2. The Kier molecular flexibility index (Phi) is 7.51. The molecule has 29 heavy (non-hydrogen) atoms.